The van der Waals surface area contributed by atoms with Crippen LogP contribution in [0.1, 0.15) is 17.3 Å². The van der Waals surface area contributed by atoms with Crippen molar-refractivity contribution in [3.63, 3.8) is 0 Å². The maximum atomic E-state index is 12.5. The average molecular weight is 306 g/mol. The van der Waals surface area contributed by atoms with Crippen molar-refractivity contribution in [1.82, 2.24) is 15.2 Å². The summed E-state index contributed by atoms with van der Waals surface area (Å²) in [5, 5.41) is 2.73. The van der Waals surface area contributed by atoms with E-state index in [4.69, 9.17) is 4.74 Å². The largest absolute Gasteiger partial charge is 0.378 e. The molecule has 2 amide bonds. The van der Waals surface area contributed by atoms with E-state index in [-0.39, 0.29) is 11.8 Å². The summed E-state index contributed by atoms with van der Waals surface area (Å²) < 4.78 is 5.32. The molecule has 1 aliphatic heterocycles. The third-order valence-electron chi connectivity index (χ3n) is 3.50. The third-order valence-corrected chi connectivity index (χ3v) is 3.50. The number of ether oxygens (including phenoxy) is 1. The number of morpholine rings is 1. The Morgan fingerprint density at radius 2 is 2.05 bits per heavy atom. The second kappa shape index (κ2) is 7.22. The van der Waals surface area contributed by atoms with Crippen molar-refractivity contribution >= 4 is 17.6 Å². The van der Waals surface area contributed by atoms with E-state index in [0.29, 0.717) is 37.7 Å². The summed E-state index contributed by atoms with van der Waals surface area (Å²) in [6.45, 7) is 4.30. The number of carbonyl (C=O) groups excluding carboxylic acids is 2. The van der Waals surface area contributed by atoms with Gasteiger partial charge >= 0.3 is 0 Å². The molecular formula is C15H22N4O3. The zero-order valence-corrected chi connectivity index (χ0v) is 13.2. The molecule has 1 saturated heterocycles. The number of hydrogen-bond donors (Lipinski definition) is 1. The number of amides is 2. The molecule has 2 rings (SSSR count). The lowest BCUT2D eigenvalue weighted by molar-refractivity contribution is -0.130. The van der Waals surface area contributed by atoms with Gasteiger partial charge in [-0.2, -0.15) is 0 Å². The standard InChI is InChI=1S/C15H22N4O3/c1-11(15(21)18(2)3)17-14(20)12-5-4-6-16-13(12)19-7-9-22-10-8-19/h4-6,11H,7-10H2,1-3H3,(H,17,20). The molecular weight excluding hydrogens is 284 g/mol. The Kier molecular flexibility index (Phi) is 5.32. The summed E-state index contributed by atoms with van der Waals surface area (Å²) in [6.07, 6.45) is 1.66. The van der Waals surface area contributed by atoms with Crippen molar-refractivity contribution in [1.29, 1.82) is 0 Å². The van der Waals surface area contributed by atoms with Crippen molar-refractivity contribution in [2.75, 3.05) is 45.3 Å². The van der Waals surface area contributed by atoms with E-state index in [1.54, 1.807) is 39.3 Å². The van der Waals surface area contributed by atoms with E-state index in [1.165, 1.54) is 4.90 Å². The molecule has 7 nitrogen and oxygen atoms in total. The van der Waals surface area contributed by atoms with Gasteiger partial charge in [-0.3, -0.25) is 9.59 Å². The minimum atomic E-state index is -0.583. The van der Waals surface area contributed by atoms with Crippen molar-refractivity contribution in [3.05, 3.63) is 23.9 Å². The Labute approximate surface area is 130 Å². The van der Waals surface area contributed by atoms with Crippen LogP contribution in [0.25, 0.3) is 0 Å². The number of aromatic nitrogens is 1. The molecule has 0 spiro atoms. The molecule has 1 fully saturated rings. The van der Waals surface area contributed by atoms with Gasteiger partial charge < -0.3 is 19.9 Å². The van der Waals surface area contributed by atoms with Crippen LogP contribution in [0.5, 0.6) is 0 Å². The predicted molar refractivity (Wildman–Crippen MR) is 82.9 cm³/mol. The lowest BCUT2D eigenvalue weighted by atomic mass is 10.2. The van der Waals surface area contributed by atoms with E-state index in [0.717, 1.165) is 0 Å². The molecule has 1 unspecified atom stereocenters. The number of pyridine rings is 1. The van der Waals surface area contributed by atoms with Crippen LogP contribution < -0.4 is 10.2 Å². The first kappa shape index (κ1) is 16.2. The summed E-state index contributed by atoms with van der Waals surface area (Å²) in [5.41, 5.74) is 0.475. The van der Waals surface area contributed by atoms with Gasteiger partial charge in [-0.05, 0) is 19.1 Å². The molecule has 1 aliphatic rings. The van der Waals surface area contributed by atoms with Crippen LogP contribution in [0, 0.1) is 0 Å². The Balaban J connectivity index is 2.14. The monoisotopic (exact) mass is 306 g/mol. The molecule has 0 radical (unpaired) electrons. The number of rotatable bonds is 4. The third kappa shape index (κ3) is 3.73. The highest BCUT2D eigenvalue weighted by Crippen LogP contribution is 2.18. The van der Waals surface area contributed by atoms with E-state index < -0.39 is 6.04 Å². The molecule has 2 heterocycles. The Morgan fingerprint density at radius 3 is 2.68 bits per heavy atom. The summed E-state index contributed by atoms with van der Waals surface area (Å²) >= 11 is 0. The van der Waals surface area contributed by atoms with Crippen LogP contribution in [-0.2, 0) is 9.53 Å². The first-order valence-corrected chi connectivity index (χ1v) is 7.30. The zero-order chi connectivity index (χ0) is 16.1. The van der Waals surface area contributed by atoms with Gasteiger partial charge in [0.1, 0.15) is 11.9 Å². The first-order chi connectivity index (χ1) is 10.5. The normalized spacial score (nSPS) is 16.0. The topological polar surface area (TPSA) is 74.8 Å². The summed E-state index contributed by atoms with van der Waals surface area (Å²) in [4.78, 5) is 32.1. The average Bonchev–Trinajstić information content (AvgIpc) is 2.54. The quantitative estimate of drug-likeness (QED) is 0.855. The molecule has 1 N–H and O–H groups in total. The number of anilines is 1. The Morgan fingerprint density at radius 1 is 1.36 bits per heavy atom. The van der Waals surface area contributed by atoms with E-state index in [1.807, 2.05) is 4.90 Å². The molecule has 0 aliphatic carbocycles. The maximum Gasteiger partial charge on any atom is 0.255 e. The van der Waals surface area contributed by atoms with Gasteiger partial charge in [-0.1, -0.05) is 0 Å². The van der Waals surface area contributed by atoms with Crippen LogP contribution in [0.2, 0.25) is 0 Å². The van der Waals surface area contributed by atoms with Crippen LogP contribution in [0.15, 0.2) is 18.3 Å². The molecule has 1 aromatic heterocycles. The molecule has 22 heavy (non-hydrogen) atoms. The Bertz CT molecular complexity index is 541. The SMILES string of the molecule is CC(NC(=O)c1cccnc1N1CCOCC1)C(=O)N(C)C. The highest BCUT2D eigenvalue weighted by molar-refractivity contribution is 6.01. The van der Waals surface area contributed by atoms with Crippen LogP contribution in [0.3, 0.4) is 0 Å². The van der Waals surface area contributed by atoms with Crippen molar-refractivity contribution in [2.45, 2.75) is 13.0 Å². The number of likely N-dealkylation sites (N-methyl/N-ethyl adjacent to an activating group) is 1. The second-order valence-electron chi connectivity index (χ2n) is 5.40. The van der Waals surface area contributed by atoms with Gasteiger partial charge in [0.25, 0.3) is 5.91 Å². The summed E-state index contributed by atoms with van der Waals surface area (Å²) in [7, 11) is 3.32. The van der Waals surface area contributed by atoms with Crippen LogP contribution in [-0.4, -0.2) is 68.1 Å². The van der Waals surface area contributed by atoms with Gasteiger partial charge in [-0.15, -0.1) is 0 Å². The smallest absolute Gasteiger partial charge is 0.255 e. The highest BCUT2D eigenvalue weighted by Gasteiger charge is 2.23. The summed E-state index contributed by atoms with van der Waals surface area (Å²) in [5.74, 6) is 0.190. The minimum Gasteiger partial charge on any atom is -0.378 e. The molecule has 0 saturated carbocycles. The lowest BCUT2D eigenvalue weighted by Crippen LogP contribution is -2.45. The van der Waals surface area contributed by atoms with E-state index in [9.17, 15) is 9.59 Å². The van der Waals surface area contributed by atoms with Gasteiger partial charge in [-0.25, -0.2) is 4.98 Å². The highest BCUT2D eigenvalue weighted by atomic mass is 16.5. The zero-order valence-electron chi connectivity index (χ0n) is 13.2. The number of nitrogens with zero attached hydrogens (tertiary/aromatic N) is 3. The van der Waals surface area contributed by atoms with E-state index >= 15 is 0 Å². The van der Waals surface area contributed by atoms with Crippen molar-refractivity contribution < 1.29 is 14.3 Å². The van der Waals surface area contributed by atoms with Gasteiger partial charge in [0.05, 0.1) is 18.8 Å². The first-order valence-electron chi connectivity index (χ1n) is 7.30. The van der Waals surface area contributed by atoms with Gasteiger partial charge in [0.2, 0.25) is 5.91 Å². The summed E-state index contributed by atoms with van der Waals surface area (Å²) in [6, 6.07) is 2.86. The molecule has 7 heteroatoms. The minimum absolute atomic E-state index is 0.148. The molecule has 1 atom stereocenters. The van der Waals surface area contributed by atoms with Gasteiger partial charge in [0.15, 0.2) is 0 Å². The van der Waals surface area contributed by atoms with Crippen molar-refractivity contribution in [3.8, 4) is 0 Å². The fourth-order valence-corrected chi connectivity index (χ4v) is 2.32. The fourth-order valence-electron chi connectivity index (χ4n) is 2.32. The van der Waals surface area contributed by atoms with Gasteiger partial charge in [0, 0.05) is 33.4 Å². The lowest BCUT2D eigenvalue weighted by Gasteiger charge is -2.29. The molecule has 0 aromatic carbocycles. The van der Waals surface area contributed by atoms with Crippen LogP contribution in [0.4, 0.5) is 5.82 Å². The Hall–Kier alpha value is -2.15. The molecule has 0 bridgehead atoms. The van der Waals surface area contributed by atoms with Crippen molar-refractivity contribution in [2.24, 2.45) is 0 Å². The number of hydrogen-bond acceptors (Lipinski definition) is 5. The number of nitrogens with one attached hydrogen (secondary N) is 1. The fraction of sp³-hybridized carbons (Fsp3) is 0.533. The van der Waals surface area contributed by atoms with E-state index in [2.05, 4.69) is 10.3 Å². The number of carbonyl (C=O) groups is 2. The second-order valence-corrected chi connectivity index (χ2v) is 5.40. The molecule has 120 valence electrons. The predicted octanol–water partition coefficient (Wildman–Crippen LogP) is 0.125. The molecule has 1 aromatic rings. The maximum absolute atomic E-state index is 12.5. The van der Waals surface area contributed by atoms with Crippen LogP contribution >= 0.6 is 0 Å².